The van der Waals surface area contributed by atoms with Gasteiger partial charge in [-0.05, 0) is 45.0 Å². The predicted octanol–water partition coefficient (Wildman–Crippen LogP) is 2.10. The summed E-state index contributed by atoms with van der Waals surface area (Å²) < 4.78 is 5.86. The Morgan fingerprint density at radius 3 is 2.71 bits per heavy atom. The molecule has 0 bridgehead atoms. The van der Waals surface area contributed by atoms with Crippen molar-refractivity contribution in [2.45, 2.75) is 38.9 Å². The van der Waals surface area contributed by atoms with Crippen molar-refractivity contribution in [1.82, 2.24) is 4.90 Å². The van der Waals surface area contributed by atoms with Gasteiger partial charge in [-0.25, -0.2) is 0 Å². The summed E-state index contributed by atoms with van der Waals surface area (Å²) in [6.45, 7) is 8.72. The second-order valence-corrected chi connectivity index (χ2v) is 6.34. The molecule has 0 aliphatic carbocycles. The van der Waals surface area contributed by atoms with Crippen LogP contribution in [-0.2, 0) is 9.53 Å². The molecule has 0 radical (unpaired) electrons. The number of ether oxygens (including phenoxy) is 1. The molecule has 3 N–H and O–H groups in total. The lowest BCUT2D eigenvalue weighted by Crippen LogP contribution is -2.52. The second kappa shape index (κ2) is 6.45. The maximum atomic E-state index is 12.0. The average molecular weight is 291 g/mol. The highest BCUT2D eigenvalue weighted by Crippen LogP contribution is 2.20. The van der Waals surface area contributed by atoms with Crippen LogP contribution >= 0.6 is 0 Å². The molecular formula is C16H25N3O2. The van der Waals surface area contributed by atoms with Crippen LogP contribution in [0.4, 0.5) is 11.4 Å². The van der Waals surface area contributed by atoms with Gasteiger partial charge in [-0.2, -0.15) is 0 Å². The third kappa shape index (κ3) is 5.02. The van der Waals surface area contributed by atoms with Crippen molar-refractivity contribution in [3.05, 3.63) is 24.3 Å². The summed E-state index contributed by atoms with van der Waals surface area (Å²) >= 11 is 0. The zero-order valence-corrected chi connectivity index (χ0v) is 13.1. The van der Waals surface area contributed by atoms with Crippen LogP contribution in [0.2, 0.25) is 0 Å². The first-order chi connectivity index (χ1) is 9.84. The molecule has 1 saturated heterocycles. The summed E-state index contributed by atoms with van der Waals surface area (Å²) in [4.78, 5) is 14.3. The van der Waals surface area contributed by atoms with Crippen LogP contribution < -0.4 is 11.1 Å². The monoisotopic (exact) mass is 291 g/mol. The molecule has 1 unspecified atom stereocenters. The minimum absolute atomic E-state index is 0.0247. The Labute approximate surface area is 126 Å². The predicted molar refractivity (Wildman–Crippen MR) is 85.2 cm³/mol. The molecule has 0 aromatic heterocycles. The van der Waals surface area contributed by atoms with Crippen LogP contribution in [0.1, 0.15) is 27.2 Å². The quantitative estimate of drug-likeness (QED) is 0.834. The Kier molecular flexibility index (Phi) is 4.85. The Morgan fingerprint density at radius 2 is 2.10 bits per heavy atom. The summed E-state index contributed by atoms with van der Waals surface area (Å²) in [6.07, 6.45) is 0.682. The number of carbonyl (C=O) groups excluding carboxylic acids is 1. The molecule has 1 aromatic rings. The van der Waals surface area contributed by atoms with Gasteiger partial charge in [-0.15, -0.1) is 0 Å². The van der Waals surface area contributed by atoms with Crippen molar-refractivity contribution in [2.24, 2.45) is 0 Å². The summed E-state index contributed by atoms with van der Waals surface area (Å²) in [7, 11) is 0. The highest BCUT2D eigenvalue weighted by molar-refractivity contribution is 5.90. The van der Waals surface area contributed by atoms with E-state index in [0.29, 0.717) is 12.1 Å². The standard InChI is InChI=1S/C16H25N3O2/c1-12-10-19(11-16(2,3)21-12)9-8-15(20)18-14-6-4-13(17)5-7-14/h4-7,12H,8-11,17H2,1-3H3,(H,18,20). The number of nitrogens with two attached hydrogens (primary N) is 1. The van der Waals surface area contributed by atoms with Gasteiger partial charge in [-0.3, -0.25) is 9.69 Å². The van der Waals surface area contributed by atoms with E-state index in [9.17, 15) is 4.79 Å². The van der Waals surface area contributed by atoms with E-state index in [-0.39, 0.29) is 17.6 Å². The highest BCUT2D eigenvalue weighted by atomic mass is 16.5. The van der Waals surface area contributed by atoms with Gasteiger partial charge in [0.2, 0.25) is 5.91 Å². The van der Waals surface area contributed by atoms with E-state index in [1.165, 1.54) is 0 Å². The molecular weight excluding hydrogens is 266 g/mol. The second-order valence-electron chi connectivity index (χ2n) is 6.34. The van der Waals surface area contributed by atoms with Crippen LogP contribution in [0.5, 0.6) is 0 Å². The number of hydrogen-bond acceptors (Lipinski definition) is 4. The molecule has 5 heteroatoms. The van der Waals surface area contributed by atoms with Gasteiger partial charge in [0.25, 0.3) is 0 Å². The SMILES string of the molecule is CC1CN(CCC(=O)Nc2ccc(N)cc2)CC(C)(C)O1. The number of nitrogen functional groups attached to an aromatic ring is 1. The Balaban J connectivity index is 1.79. The summed E-state index contributed by atoms with van der Waals surface area (Å²) in [5, 5.41) is 2.89. The van der Waals surface area contributed by atoms with E-state index in [4.69, 9.17) is 10.5 Å². The lowest BCUT2D eigenvalue weighted by Gasteiger charge is -2.41. The van der Waals surface area contributed by atoms with E-state index >= 15 is 0 Å². The van der Waals surface area contributed by atoms with Crippen molar-refractivity contribution in [3.8, 4) is 0 Å². The van der Waals surface area contributed by atoms with Crippen LogP contribution in [0, 0.1) is 0 Å². The van der Waals surface area contributed by atoms with E-state index < -0.39 is 0 Å². The van der Waals surface area contributed by atoms with E-state index in [1.807, 2.05) is 12.1 Å². The maximum Gasteiger partial charge on any atom is 0.225 e. The third-order valence-corrected chi connectivity index (χ3v) is 3.49. The first-order valence-corrected chi connectivity index (χ1v) is 7.40. The number of morpholine rings is 1. The molecule has 1 fully saturated rings. The molecule has 1 amide bonds. The number of rotatable bonds is 4. The molecule has 0 spiro atoms. The molecule has 1 aromatic carbocycles. The number of anilines is 2. The van der Waals surface area contributed by atoms with Gasteiger partial charge in [0.15, 0.2) is 0 Å². The number of benzene rings is 1. The molecule has 2 rings (SSSR count). The molecule has 1 aliphatic heterocycles. The molecule has 1 atom stereocenters. The van der Waals surface area contributed by atoms with Crippen LogP contribution in [0.3, 0.4) is 0 Å². The maximum absolute atomic E-state index is 12.0. The zero-order valence-electron chi connectivity index (χ0n) is 13.1. The fourth-order valence-corrected chi connectivity index (χ4v) is 2.81. The fourth-order valence-electron chi connectivity index (χ4n) is 2.81. The van der Waals surface area contributed by atoms with Crippen LogP contribution in [0.15, 0.2) is 24.3 Å². The van der Waals surface area contributed by atoms with E-state index in [1.54, 1.807) is 12.1 Å². The Morgan fingerprint density at radius 1 is 1.43 bits per heavy atom. The van der Waals surface area contributed by atoms with Gasteiger partial charge in [0, 0.05) is 37.4 Å². The van der Waals surface area contributed by atoms with Crippen molar-refractivity contribution < 1.29 is 9.53 Å². The lowest BCUT2D eigenvalue weighted by molar-refractivity contribution is -0.132. The van der Waals surface area contributed by atoms with Crippen LogP contribution in [0.25, 0.3) is 0 Å². The van der Waals surface area contributed by atoms with Gasteiger partial charge >= 0.3 is 0 Å². The average Bonchev–Trinajstić information content (AvgIpc) is 2.37. The van der Waals surface area contributed by atoms with E-state index in [0.717, 1.165) is 25.3 Å². The zero-order chi connectivity index (χ0) is 15.5. The smallest absolute Gasteiger partial charge is 0.225 e. The molecule has 21 heavy (non-hydrogen) atoms. The van der Waals surface area contributed by atoms with Gasteiger partial charge in [0.1, 0.15) is 0 Å². The molecule has 1 heterocycles. The normalized spacial score (nSPS) is 22.0. The molecule has 5 nitrogen and oxygen atoms in total. The van der Waals surface area contributed by atoms with Gasteiger partial charge < -0.3 is 15.8 Å². The van der Waals surface area contributed by atoms with Gasteiger partial charge in [-0.1, -0.05) is 0 Å². The number of amides is 1. The minimum atomic E-state index is -0.148. The van der Waals surface area contributed by atoms with Crippen molar-refractivity contribution in [3.63, 3.8) is 0 Å². The Hall–Kier alpha value is -1.59. The third-order valence-electron chi connectivity index (χ3n) is 3.49. The minimum Gasteiger partial charge on any atom is -0.399 e. The van der Waals surface area contributed by atoms with Crippen molar-refractivity contribution in [2.75, 3.05) is 30.7 Å². The number of nitrogens with one attached hydrogen (secondary N) is 1. The van der Waals surface area contributed by atoms with Crippen molar-refractivity contribution in [1.29, 1.82) is 0 Å². The molecule has 0 saturated carbocycles. The van der Waals surface area contributed by atoms with Gasteiger partial charge in [0.05, 0.1) is 11.7 Å². The number of nitrogens with zero attached hydrogens (tertiary/aromatic N) is 1. The summed E-state index contributed by atoms with van der Waals surface area (Å²) in [5.41, 5.74) is 6.95. The fraction of sp³-hybridized carbons (Fsp3) is 0.562. The summed E-state index contributed by atoms with van der Waals surface area (Å²) in [6, 6.07) is 7.18. The number of hydrogen-bond donors (Lipinski definition) is 2. The Bertz CT molecular complexity index is 485. The van der Waals surface area contributed by atoms with Crippen LogP contribution in [-0.4, -0.2) is 42.1 Å². The first-order valence-electron chi connectivity index (χ1n) is 7.40. The molecule has 116 valence electrons. The largest absolute Gasteiger partial charge is 0.399 e. The lowest BCUT2D eigenvalue weighted by atomic mass is 10.1. The van der Waals surface area contributed by atoms with E-state index in [2.05, 4.69) is 31.0 Å². The first kappa shape index (κ1) is 15.8. The molecule has 1 aliphatic rings. The summed E-state index contributed by atoms with van der Waals surface area (Å²) in [5.74, 6) is 0.0247. The van der Waals surface area contributed by atoms with Crippen molar-refractivity contribution >= 4 is 17.3 Å². The topological polar surface area (TPSA) is 67.6 Å². The number of carbonyl (C=O) groups is 1. The highest BCUT2D eigenvalue weighted by Gasteiger charge is 2.31.